The summed E-state index contributed by atoms with van der Waals surface area (Å²) in [4.78, 5) is 16.6. The molecule has 2 aliphatic heterocycles. The van der Waals surface area contributed by atoms with E-state index in [1.54, 1.807) is 0 Å². The molecule has 4 aromatic rings. The fourth-order valence-electron chi connectivity index (χ4n) is 5.76. The largest absolute Gasteiger partial charge is 0.512 e. The van der Waals surface area contributed by atoms with Crippen molar-refractivity contribution in [1.82, 2.24) is 4.98 Å². The van der Waals surface area contributed by atoms with Crippen LogP contribution in [0, 0.1) is 6.07 Å². The molecule has 2 unspecified atom stereocenters. The van der Waals surface area contributed by atoms with Crippen molar-refractivity contribution < 1.29 is 30.0 Å². The van der Waals surface area contributed by atoms with Crippen molar-refractivity contribution >= 4 is 46.2 Å². The molecule has 189 valence electrons. The van der Waals surface area contributed by atoms with Crippen molar-refractivity contribution in [3.8, 4) is 0 Å². The van der Waals surface area contributed by atoms with Gasteiger partial charge in [-0.2, -0.15) is 35.3 Å². The van der Waals surface area contributed by atoms with E-state index in [-0.39, 0.29) is 43.8 Å². The van der Waals surface area contributed by atoms with Gasteiger partial charge in [0.1, 0.15) is 0 Å². The maximum atomic E-state index is 10.0. The van der Waals surface area contributed by atoms with Crippen LogP contribution in [0.3, 0.4) is 0 Å². The maximum absolute atomic E-state index is 10.0. The fourth-order valence-corrected chi connectivity index (χ4v) is 7.58. The second kappa shape index (κ2) is 11.0. The Morgan fingerprint density at radius 3 is 2.49 bits per heavy atom. The summed E-state index contributed by atoms with van der Waals surface area (Å²) in [5, 5.41) is 9.99. The predicted octanol–water partition coefficient (Wildman–Crippen LogP) is 5.77. The van der Waals surface area contributed by atoms with E-state index >= 15 is 0 Å². The van der Waals surface area contributed by atoms with Gasteiger partial charge in [-0.15, -0.1) is 11.8 Å². The van der Waals surface area contributed by atoms with Crippen molar-refractivity contribution in [2.24, 2.45) is 0 Å². The molecule has 0 fully saturated rings. The Kier molecular flexibility index (Phi) is 8.13. The number of carbonyl (C=O) groups is 1. The Hall–Kier alpha value is -2.66. The van der Waals surface area contributed by atoms with Gasteiger partial charge in [0.2, 0.25) is 6.71 Å². The summed E-state index contributed by atoms with van der Waals surface area (Å²) < 4.78 is 0. The second-order valence-corrected chi connectivity index (χ2v) is 11.3. The first kappa shape index (κ1) is 27.4. The third kappa shape index (κ3) is 5.20. The topological polar surface area (TPSA) is 50.2 Å². The van der Waals surface area contributed by atoms with Gasteiger partial charge in [-0.3, -0.25) is 9.78 Å². The number of aromatic nitrogens is 1. The molecule has 3 aromatic carbocycles. The van der Waals surface area contributed by atoms with E-state index in [4.69, 9.17) is 10.1 Å². The van der Waals surface area contributed by atoms with Crippen molar-refractivity contribution in [3.05, 3.63) is 108 Å². The first-order chi connectivity index (χ1) is 17.3. The molecule has 0 saturated carbocycles. The number of carbonyl (C=O) groups excluding carboxylic acids is 1. The Labute approximate surface area is 237 Å². The molecular weight excluding hydrogens is 653 g/mol. The number of aliphatic hydroxyl groups is 1. The molecular formula is C31H29BIrNO2S-. The van der Waals surface area contributed by atoms with Crippen LogP contribution >= 0.6 is 11.8 Å². The molecule has 3 heterocycles. The van der Waals surface area contributed by atoms with Crippen molar-refractivity contribution in [3.63, 3.8) is 0 Å². The van der Waals surface area contributed by atoms with Gasteiger partial charge >= 0.3 is 0 Å². The number of pyridine rings is 1. The van der Waals surface area contributed by atoms with Gasteiger partial charge < -0.3 is 5.11 Å². The Bertz CT molecular complexity index is 1480. The normalized spacial score (nSPS) is 19.0. The second-order valence-electron chi connectivity index (χ2n) is 10.1. The zero-order valence-electron chi connectivity index (χ0n) is 21.4. The number of thioether (sulfide) groups is 1. The van der Waals surface area contributed by atoms with Crippen LogP contribution < -0.4 is 11.1 Å². The summed E-state index contributed by atoms with van der Waals surface area (Å²) in [6, 6.07) is 32.0. The molecule has 2 aliphatic rings. The van der Waals surface area contributed by atoms with E-state index in [1.165, 1.54) is 52.4 Å². The number of hydrogen-bond donors (Lipinski definition) is 1. The molecule has 37 heavy (non-hydrogen) atoms. The Balaban J connectivity index is 0.000000356. The van der Waals surface area contributed by atoms with Crippen LogP contribution in [0.5, 0.6) is 0 Å². The summed E-state index contributed by atoms with van der Waals surface area (Å²) in [6.07, 6.45) is 1.17. The number of ketones is 1. The van der Waals surface area contributed by atoms with Gasteiger partial charge in [0.15, 0.2) is 5.78 Å². The van der Waals surface area contributed by atoms with Crippen LogP contribution in [-0.2, 0) is 30.3 Å². The molecule has 0 bridgehead atoms. The van der Waals surface area contributed by atoms with Crippen molar-refractivity contribution in [1.29, 1.82) is 0 Å². The van der Waals surface area contributed by atoms with Crippen molar-refractivity contribution in [2.45, 2.75) is 49.1 Å². The van der Waals surface area contributed by atoms with Crippen LogP contribution in [0.2, 0.25) is 0 Å². The molecule has 0 spiro atoms. The van der Waals surface area contributed by atoms with Crippen LogP contribution in [0.25, 0.3) is 10.9 Å². The van der Waals surface area contributed by atoms with Crippen LogP contribution in [0.4, 0.5) is 0 Å². The monoisotopic (exact) mass is 683 g/mol. The van der Waals surface area contributed by atoms with Crippen LogP contribution in [-0.4, -0.2) is 27.7 Å². The summed E-state index contributed by atoms with van der Waals surface area (Å²) in [5.74, 6) is 0.401. The standard InChI is InChI=1S/C26H21BNS.C5H8O2.Ir/c1-26(2)19-11-5-6-12-20(19)27(23-16-15-17-9-3-7-13-21(17)28-23)25-24(26)18-10-4-8-14-22(18)29-25;1-4(6)3-5(2)7;/h3-11,13-16,24-25H,1-2H3;3,6H,1-2H3;/q-1;;/b;4-3-;. The number of allylic oxidation sites excluding steroid dienone is 2. The molecule has 2 atom stereocenters. The molecule has 6 heteroatoms. The summed E-state index contributed by atoms with van der Waals surface area (Å²) >= 11 is 2.03. The molecule has 0 amide bonds. The van der Waals surface area contributed by atoms with Crippen LogP contribution in [0.15, 0.2) is 95.6 Å². The zero-order chi connectivity index (χ0) is 25.4. The average molecular weight is 683 g/mol. The maximum Gasteiger partial charge on any atom is 0.222 e. The number of nitrogens with zero attached hydrogens (tertiary/aromatic N) is 1. The van der Waals surface area contributed by atoms with Gasteiger partial charge in [-0.1, -0.05) is 56.3 Å². The quantitative estimate of drug-likeness (QED) is 0.126. The minimum absolute atomic E-state index is 0. The van der Waals surface area contributed by atoms with Crippen molar-refractivity contribution in [2.75, 3.05) is 0 Å². The third-order valence-electron chi connectivity index (χ3n) is 7.20. The minimum atomic E-state index is -0.125. The number of para-hydroxylation sites is 1. The van der Waals surface area contributed by atoms with Gasteiger partial charge in [0.25, 0.3) is 0 Å². The Morgan fingerprint density at radius 2 is 1.76 bits per heavy atom. The van der Waals surface area contributed by atoms with Gasteiger partial charge in [0.05, 0.1) is 11.3 Å². The van der Waals surface area contributed by atoms with E-state index < -0.39 is 0 Å². The number of fused-ring (bicyclic) bond motifs is 5. The van der Waals surface area contributed by atoms with Gasteiger partial charge in [-0.05, 0) is 48.9 Å². The van der Waals surface area contributed by atoms with E-state index in [1.807, 2.05) is 11.8 Å². The number of hydrogen-bond acceptors (Lipinski definition) is 4. The van der Waals surface area contributed by atoms with Gasteiger partial charge in [0, 0.05) is 47.2 Å². The molecule has 1 aromatic heterocycles. The molecule has 0 saturated heterocycles. The predicted molar refractivity (Wildman–Crippen MR) is 151 cm³/mol. The van der Waals surface area contributed by atoms with E-state index in [0.717, 1.165) is 5.52 Å². The van der Waals surface area contributed by atoms with E-state index in [9.17, 15) is 4.79 Å². The van der Waals surface area contributed by atoms with Crippen LogP contribution in [0.1, 0.15) is 44.7 Å². The number of benzene rings is 3. The summed E-state index contributed by atoms with van der Waals surface area (Å²) in [6.45, 7) is 7.90. The molecule has 3 nitrogen and oxygen atoms in total. The summed E-state index contributed by atoms with van der Waals surface area (Å²) in [5.41, 5.74) is 6.53. The SMILES string of the molecule is CC(=O)/C=C(/C)O.CC1(C)c2ccc[c-]c2B(c2ccc3ccccc3n2)C2Sc3ccccc3C21.[Ir]. The smallest absolute Gasteiger partial charge is 0.222 e. The summed E-state index contributed by atoms with van der Waals surface area (Å²) in [7, 11) is 0. The average Bonchev–Trinajstić information content (AvgIpc) is 3.24. The fraction of sp³-hybridized carbons (Fsp3) is 0.226. The minimum Gasteiger partial charge on any atom is -0.512 e. The molecule has 0 aliphatic carbocycles. The third-order valence-corrected chi connectivity index (χ3v) is 8.64. The first-order valence-corrected chi connectivity index (χ1v) is 13.2. The van der Waals surface area contributed by atoms with E-state index in [0.29, 0.717) is 11.1 Å². The molecule has 1 N–H and O–H groups in total. The number of aliphatic hydroxyl groups excluding tert-OH is 1. The molecule has 1 radical (unpaired) electrons. The zero-order valence-corrected chi connectivity index (χ0v) is 24.6. The number of rotatable bonds is 2. The molecule has 6 rings (SSSR count). The van der Waals surface area contributed by atoms with E-state index in [2.05, 4.69) is 98.8 Å². The first-order valence-electron chi connectivity index (χ1n) is 12.3. The van der Waals surface area contributed by atoms with Gasteiger partial charge in [-0.25, -0.2) is 0 Å². The Morgan fingerprint density at radius 1 is 1.03 bits per heavy atom.